The molecule has 0 fully saturated rings. The van der Waals surface area contributed by atoms with Crippen molar-refractivity contribution in [3.8, 4) is 0 Å². The molecule has 0 unspecified atom stereocenters. The van der Waals surface area contributed by atoms with Crippen LogP contribution in [0.1, 0.15) is 38.4 Å². The van der Waals surface area contributed by atoms with Gasteiger partial charge in [-0.3, -0.25) is 14.8 Å². The number of anilines is 1. The predicted octanol–water partition coefficient (Wildman–Crippen LogP) is 2.81. The van der Waals surface area contributed by atoms with Crippen LogP contribution in [-0.4, -0.2) is 16.6 Å². The van der Waals surface area contributed by atoms with Gasteiger partial charge in [-0.15, -0.1) is 11.3 Å². The zero-order valence-corrected chi connectivity index (χ0v) is 13.6. The maximum atomic E-state index is 11.5. The van der Waals surface area contributed by atoms with Gasteiger partial charge in [0.1, 0.15) is 4.88 Å². The van der Waals surface area contributed by atoms with Gasteiger partial charge in [-0.2, -0.15) is 0 Å². The number of nitrogens with zero attached hydrogens (tertiary/aromatic N) is 2. The highest BCUT2D eigenvalue weighted by atomic mass is 32.1. The Kier molecular flexibility index (Phi) is 4.42. The summed E-state index contributed by atoms with van der Waals surface area (Å²) in [6.45, 7) is 9.40. The lowest BCUT2D eigenvalue weighted by Crippen LogP contribution is -2.13. The molecule has 2 heterocycles. The summed E-state index contributed by atoms with van der Waals surface area (Å²) < 4.78 is 0. The number of rotatable bonds is 4. The van der Waals surface area contributed by atoms with Crippen LogP contribution in [-0.2, 0) is 0 Å². The van der Waals surface area contributed by atoms with Gasteiger partial charge in [-0.1, -0.05) is 12.6 Å². The maximum absolute atomic E-state index is 11.5. The van der Waals surface area contributed by atoms with Crippen molar-refractivity contribution in [3.05, 3.63) is 57.2 Å². The zero-order valence-electron chi connectivity index (χ0n) is 12.8. The Morgan fingerprint density at radius 2 is 2.05 bits per heavy atom. The van der Waals surface area contributed by atoms with Gasteiger partial charge >= 0.3 is 0 Å². The molecule has 0 radical (unpaired) electrons. The number of nitrogen functional groups attached to an aromatic ring is 1. The minimum atomic E-state index is -0.538. The largest absolute Gasteiger partial charge is 0.397 e. The van der Waals surface area contributed by atoms with Gasteiger partial charge in [0.05, 0.1) is 17.1 Å². The fourth-order valence-electron chi connectivity index (χ4n) is 2.15. The van der Waals surface area contributed by atoms with Gasteiger partial charge in [-0.05, 0) is 32.9 Å². The predicted molar refractivity (Wildman–Crippen MR) is 91.4 cm³/mol. The average Bonchev–Trinajstić information content (AvgIpc) is 2.71. The van der Waals surface area contributed by atoms with Crippen LogP contribution in [0, 0.1) is 13.8 Å². The Balaban J connectivity index is 2.72. The molecule has 1 amide bonds. The van der Waals surface area contributed by atoms with E-state index in [1.165, 1.54) is 11.3 Å². The molecule has 0 bridgehead atoms. The summed E-state index contributed by atoms with van der Waals surface area (Å²) in [5.74, 6) is -0.538. The number of aryl methyl sites for hydroxylation is 2. The SMILES string of the molecule is C=C(C)N=C(c1cccc(C)n1)c1c(C)sc(C(N)=O)c1N. The van der Waals surface area contributed by atoms with E-state index in [-0.39, 0.29) is 0 Å². The number of hydrogen-bond acceptors (Lipinski definition) is 5. The molecule has 5 nitrogen and oxygen atoms in total. The average molecular weight is 314 g/mol. The summed E-state index contributed by atoms with van der Waals surface area (Å²) in [5.41, 5.74) is 15.3. The molecule has 22 heavy (non-hydrogen) atoms. The monoisotopic (exact) mass is 314 g/mol. The van der Waals surface area contributed by atoms with E-state index in [1.54, 1.807) is 6.92 Å². The fourth-order valence-corrected chi connectivity index (χ4v) is 3.07. The summed E-state index contributed by atoms with van der Waals surface area (Å²) in [7, 11) is 0. The van der Waals surface area contributed by atoms with E-state index in [4.69, 9.17) is 11.5 Å². The number of aliphatic imine (C=N–C) groups is 1. The lowest BCUT2D eigenvalue weighted by molar-refractivity contribution is 0.100. The third-order valence-corrected chi connectivity index (χ3v) is 4.15. The Morgan fingerprint density at radius 1 is 1.36 bits per heavy atom. The first-order valence-corrected chi connectivity index (χ1v) is 7.50. The third kappa shape index (κ3) is 3.07. The van der Waals surface area contributed by atoms with Crippen molar-refractivity contribution in [2.45, 2.75) is 20.8 Å². The molecule has 0 aromatic carbocycles. The van der Waals surface area contributed by atoms with E-state index >= 15 is 0 Å². The smallest absolute Gasteiger partial charge is 0.260 e. The molecule has 0 spiro atoms. The normalized spacial score (nSPS) is 11.5. The molecule has 2 aromatic heterocycles. The molecular weight excluding hydrogens is 296 g/mol. The van der Waals surface area contributed by atoms with Crippen LogP contribution >= 0.6 is 11.3 Å². The topological polar surface area (TPSA) is 94.4 Å². The molecular formula is C16H18N4OS. The number of pyridine rings is 1. The quantitative estimate of drug-likeness (QED) is 0.850. The van der Waals surface area contributed by atoms with Crippen molar-refractivity contribution in [2.75, 3.05) is 5.73 Å². The number of thiophene rings is 1. The maximum Gasteiger partial charge on any atom is 0.260 e. The first kappa shape index (κ1) is 15.9. The highest BCUT2D eigenvalue weighted by Gasteiger charge is 2.22. The molecule has 0 aliphatic carbocycles. The molecule has 0 saturated carbocycles. The minimum absolute atomic E-state index is 0.342. The Morgan fingerprint density at radius 3 is 2.55 bits per heavy atom. The van der Waals surface area contributed by atoms with Crippen LogP contribution in [0.3, 0.4) is 0 Å². The molecule has 2 aromatic rings. The standard InChI is InChI=1S/C16H18N4OS/c1-8(2)19-14(11-7-5-6-9(3)20-11)12-10(4)22-15(13(12)17)16(18)21/h5-7H,1,17H2,2-4H3,(H2,18,21). The number of aromatic nitrogens is 1. The van der Waals surface area contributed by atoms with E-state index in [9.17, 15) is 4.79 Å². The second kappa shape index (κ2) is 6.11. The van der Waals surface area contributed by atoms with Crippen molar-refractivity contribution >= 4 is 28.6 Å². The first-order valence-electron chi connectivity index (χ1n) is 6.68. The molecule has 2 rings (SSSR count). The molecule has 0 aliphatic rings. The summed E-state index contributed by atoms with van der Waals surface area (Å²) in [4.78, 5) is 21.7. The number of primary amides is 1. The van der Waals surface area contributed by atoms with Gasteiger partial charge in [0, 0.05) is 21.8 Å². The number of carbonyl (C=O) groups excluding carboxylic acids is 1. The van der Waals surface area contributed by atoms with E-state index in [2.05, 4.69) is 16.6 Å². The minimum Gasteiger partial charge on any atom is -0.397 e. The van der Waals surface area contributed by atoms with Crippen molar-refractivity contribution < 1.29 is 4.79 Å². The molecule has 0 saturated heterocycles. The van der Waals surface area contributed by atoms with Gasteiger partial charge in [0.15, 0.2) is 0 Å². The third-order valence-electron chi connectivity index (χ3n) is 3.02. The Bertz CT molecular complexity index is 789. The van der Waals surface area contributed by atoms with Crippen LogP contribution < -0.4 is 11.5 Å². The summed E-state index contributed by atoms with van der Waals surface area (Å²) >= 11 is 1.27. The lowest BCUT2D eigenvalue weighted by Gasteiger charge is -2.09. The van der Waals surface area contributed by atoms with E-state index in [0.29, 0.717) is 33.2 Å². The van der Waals surface area contributed by atoms with Crippen molar-refractivity contribution in [1.82, 2.24) is 4.98 Å². The van der Waals surface area contributed by atoms with Gasteiger partial charge in [0.2, 0.25) is 0 Å². The molecule has 6 heteroatoms. The number of carbonyl (C=O) groups is 1. The highest BCUT2D eigenvalue weighted by molar-refractivity contribution is 7.15. The molecule has 0 aliphatic heterocycles. The van der Waals surface area contributed by atoms with E-state index in [1.807, 2.05) is 32.0 Å². The second-order valence-corrected chi connectivity index (χ2v) is 6.22. The number of amides is 1. The van der Waals surface area contributed by atoms with Crippen LogP contribution in [0.4, 0.5) is 5.69 Å². The summed E-state index contributed by atoms with van der Waals surface area (Å²) in [5, 5.41) is 0. The summed E-state index contributed by atoms with van der Waals surface area (Å²) in [6, 6.07) is 5.66. The molecule has 114 valence electrons. The number of allylic oxidation sites excluding steroid dienone is 1. The highest BCUT2D eigenvalue weighted by Crippen LogP contribution is 2.32. The van der Waals surface area contributed by atoms with Crippen LogP contribution in [0.15, 0.2) is 35.5 Å². The molecule has 0 atom stereocenters. The second-order valence-electron chi connectivity index (χ2n) is 5.00. The number of nitrogens with two attached hydrogens (primary N) is 2. The van der Waals surface area contributed by atoms with Crippen molar-refractivity contribution in [3.63, 3.8) is 0 Å². The van der Waals surface area contributed by atoms with E-state index < -0.39 is 5.91 Å². The number of hydrogen-bond donors (Lipinski definition) is 2. The van der Waals surface area contributed by atoms with Crippen LogP contribution in [0.2, 0.25) is 0 Å². The Hall–Kier alpha value is -2.47. The fraction of sp³-hybridized carbons (Fsp3) is 0.188. The van der Waals surface area contributed by atoms with E-state index in [0.717, 1.165) is 10.6 Å². The van der Waals surface area contributed by atoms with Gasteiger partial charge in [-0.25, -0.2) is 0 Å². The van der Waals surface area contributed by atoms with Crippen molar-refractivity contribution in [1.29, 1.82) is 0 Å². The van der Waals surface area contributed by atoms with Crippen LogP contribution in [0.5, 0.6) is 0 Å². The lowest BCUT2D eigenvalue weighted by atomic mass is 10.0. The first-order chi connectivity index (χ1) is 10.3. The van der Waals surface area contributed by atoms with Crippen LogP contribution in [0.25, 0.3) is 0 Å². The zero-order chi connectivity index (χ0) is 16.4. The van der Waals surface area contributed by atoms with Crippen molar-refractivity contribution in [2.24, 2.45) is 10.7 Å². The van der Waals surface area contributed by atoms with Gasteiger partial charge < -0.3 is 11.5 Å². The van der Waals surface area contributed by atoms with Gasteiger partial charge in [0.25, 0.3) is 5.91 Å². The summed E-state index contributed by atoms with van der Waals surface area (Å²) in [6.07, 6.45) is 0. The molecule has 4 N–H and O–H groups in total. The Labute approximate surface area is 133 Å².